The van der Waals surface area contributed by atoms with Crippen LogP contribution in [-0.4, -0.2) is 25.2 Å². The summed E-state index contributed by atoms with van der Waals surface area (Å²) in [5.41, 5.74) is 8.02. The van der Waals surface area contributed by atoms with Crippen LogP contribution in [-0.2, 0) is 17.5 Å². The van der Waals surface area contributed by atoms with Crippen molar-refractivity contribution in [3.05, 3.63) is 93.2 Å². The van der Waals surface area contributed by atoms with E-state index in [0.29, 0.717) is 17.3 Å². The van der Waals surface area contributed by atoms with E-state index in [1.54, 1.807) is 17.5 Å². The Balaban J connectivity index is 1.96. The number of halogens is 1. The Hall–Kier alpha value is -2.61. The van der Waals surface area contributed by atoms with Gasteiger partial charge in [0.25, 0.3) is 0 Å². The van der Waals surface area contributed by atoms with E-state index in [2.05, 4.69) is 47.3 Å². The minimum Gasteiger partial charge on any atom is -0.320 e. The summed E-state index contributed by atoms with van der Waals surface area (Å²) in [6.07, 6.45) is 4.07. The molecule has 0 spiro atoms. The van der Waals surface area contributed by atoms with Crippen molar-refractivity contribution in [1.82, 2.24) is 25.2 Å². The number of thiophene rings is 1. The number of hydrogen-bond acceptors (Lipinski definition) is 6. The van der Waals surface area contributed by atoms with Crippen molar-refractivity contribution in [1.29, 1.82) is 0 Å². The number of pyridine rings is 1. The predicted molar refractivity (Wildman–Crippen MR) is 124 cm³/mol. The first-order valence-corrected chi connectivity index (χ1v) is 11.3. The van der Waals surface area contributed by atoms with Crippen LogP contribution in [0.15, 0.2) is 66.3 Å². The molecule has 160 valence electrons. The zero-order chi connectivity index (χ0) is 22.1. The normalized spacial score (nSPS) is 14.9. The summed E-state index contributed by atoms with van der Waals surface area (Å²) >= 11 is 8.20. The monoisotopic (exact) mass is 452 g/mol. The van der Waals surface area contributed by atoms with Crippen LogP contribution < -0.4 is 5.73 Å². The largest absolute Gasteiger partial charge is 0.320 e. The number of tetrazole rings is 1. The van der Waals surface area contributed by atoms with Gasteiger partial charge in [0.1, 0.15) is 0 Å². The molecular formula is C23H25ClN6S. The van der Waals surface area contributed by atoms with Gasteiger partial charge in [-0.3, -0.25) is 4.98 Å². The molecule has 0 amide bonds. The Morgan fingerprint density at radius 3 is 2.55 bits per heavy atom. The van der Waals surface area contributed by atoms with Gasteiger partial charge in [-0.15, -0.1) is 16.4 Å². The van der Waals surface area contributed by atoms with Crippen molar-refractivity contribution in [3.8, 4) is 0 Å². The van der Waals surface area contributed by atoms with E-state index in [1.165, 1.54) is 0 Å². The molecule has 0 saturated heterocycles. The van der Waals surface area contributed by atoms with E-state index < -0.39 is 5.54 Å². The molecule has 4 rings (SSSR count). The van der Waals surface area contributed by atoms with Gasteiger partial charge in [-0.25, -0.2) is 4.68 Å². The molecule has 1 aromatic carbocycles. The quantitative estimate of drug-likeness (QED) is 0.455. The fraction of sp³-hybridized carbons (Fsp3) is 0.304. The molecule has 8 heteroatoms. The zero-order valence-corrected chi connectivity index (χ0v) is 19.3. The molecule has 3 heterocycles. The van der Waals surface area contributed by atoms with Crippen molar-refractivity contribution >= 4 is 22.9 Å². The lowest BCUT2D eigenvalue weighted by molar-refractivity contribution is 0.302. The third kappa shape index (κ3) is 4.26. The van der Waals surface area contributed by atoms with Gasteiger partial charge in [0, 0.05) is 22.3 Å². The summed E-state index contributed by atoms with van der Waals surface area (Å²) < 4.78 is 1.86. The lowest BCUT2D eigenvalue weighted by Gasteiger charge is -2.38. The van der Waals surface area contributed by atoms with Crippen LogP contribution in [0, 0.1) is 0 Å². The van der Waals surface area contributed by atoms with Crippen molar-refractivity contribution in [2.45, 2.75) is 44.2 Å². The lowest BCUT2D eigenvalue weighted by atomic mass is 9.73. The Bertz CT molecular complexity index is 1140. The number of hydrogen-bond donors (Lipinski definition) is 1. The van der Waals surface area contributed by atoms with Crippen LogP contribution in [0.4, 0.5) is 0 Å². The molecule has 0 radical (unpaired) electrons. The third-order valence-electron chi connectivity index (χ3n) is 5.37. The summed E-state index contributed by atoms with van der Waals surface area (Å²) in [6.45, 7) is 6.23. The van der Waals surface area contributed by atoms with Gasteiger partial charge in [-0.2, -0.15) is 0 Å². The van der Waals surface area contributed by atoms with E-state index >= 15 is 0 Å². The topological polar surface area (TPSA) is 82.5 Å². The Morgan fingerprint density at radius 2 is 1.90 bits per heavy atom. The third-order valence-corrected chi connectivity index (χ3v) is 6.68. The maximum absolute atomic E-state index is 7.36. The Labute approximate surface area is 191 Å². The molecule has 0 aliphatic carbocycles. The molecule has 0 bridgehead atoms. The van der Waals surface area contributed by atoms with Gasteiger partial charge in [-0.05, 0) is 72.3 Å². The summed E-state index contributed by atoms with van der Waals surface area (Å²) in [7, 11) is 0. The summed E-state index contributed by atoms with van der Waals surface area (Å²) in [5.74, 6) is 0.413. The molecule has 4 aromatic rings. The van der Waals surface area contributed by atoms with E-state index in [1.807, 2.05) is 58.7 Å². The van der Waals surface area contributed by atoms with Crippen LogP contribution in [0.25, 0.3) is 0 Å². The Kier molecular flexibility index (Phi) is 5.92. The second kappa shape index (κ2) is 8.49. The molecular weight excluding hydrogens is 428 g/mol. The highest BCUT2D eigenvalue weighted by atomic mass is 35.5. The second-order valence-electron chi connectivity index (χ2n) is 8.62. The SMILES string of the molecule is CC(C)(C)n1nnnc1C(c1cccs1)C(N)(Cc1ccccc1Cl)c1cccnc1. The minimum atomic E-state index is -0.887. The number of nitrogens with two attached hydrogens (primary N) is 1. The first kappa shape index (κ1) is 21.6. The van der Waals surface area contributed by atoms with Crippen molar-refractivity contribution in [3.63, 3.8) is 0 Å². The van der Waals surface area contributed by atoms with E-state index in [0.717, 1.165) is 16.0 Å². The second-order valence-corrected chi connectivity index (χ2v) is 10.0. The van der Waals surface area contributed by atoms with E-state index in [4.69, 9.17) is 17.3 Å². The van der Waals surface area contributed by atoms with Gasteiger partial charge in [0.2, 0.25) is 0 Å². The number of nitrogens with zero attached hydrogens (tertiary/aromatic N) is 5. The Morgan fingerprint density at radius 1 is 1.10 bits per heavy atom. The van der Waals surface area contributed by atoms with Crippen molar-refractivity contribution in [2.24, 2.45) is 5.73 Å². The summed E-state index contributed by atoms with van der Waals surface area (Å²) in [4.78, 5) is 5.45. The van der Waals surface area contributed by atoms with E-state index in [-0.39, 0.29) is 11.5 Å². The fourth-order valence-electron chi connectivity index (χ4n) is 3.88. The smallest absolute Gasteiger partial charge is 0.162 e. The maximum atomic E-state index is 7.36. The number of benzene rings is 1. The van der Waals surface area contributed by atoms with Gasteiger partial charge in [0.15, 0.2) is 5.82 Å². The first-order chi connectivity index (χ1) is 14.8. The molecule has 6 nitrogen and oxygen atoms in total. The fourth-order valence-corrected chi connectivity index (χ4v) is 5.01. The standard InChI is InChI=1S/C23H25ClN6S/c1-22(2,3)30-21(27-28-29-30)20(19-11-7-13-31-19)23(25,17-9-6-12-26-15-17)14-16-8-4-5-10-18(16)24/h4-13,15,20H,14,25H2,1-3H3. The van der Waals surface area contributed by atoms with Crippen LogP contribution >= 0.6 is 22.9 Å². The van der Waals surface area contributed by atoms with Crippen LogP contribution in [0.1, 0.15) is 48.5 Å². The molecule has 0 fully saturated rings. The predicted octanol–water partition coefficient (Wildman–Crippen LogP) is 4.77. The van der Waals surface area contributed by atoms with Crippen LogP contribution in [0.5, 0.6) is 0 Å². The number of aromatic nitrogens is 5. The minimum absolute atomic E-state index is 0.304. The van der Waals surface area contributed by atoms with Crippen LogP contribution in [0.3, 0.4) is 0 Å². The highest BCUT2D eigenvalue weighted by molar-refractivity contribution is 7.10. The molecule has 2 unspecified atom stereocenters. The van der Waals surface area contributed by atoms with Crippen LogP contribution in [0.2, 0.25) is 5.02 Å². The summed E-state index contributed by atoms with van der Waals surface area (Å²) in [6, 6.07) is 15.8. The zero-order valence-electron chi connectivity index (χ0n) is 17.7. The average Bonchev–Trinajstić information content (AvgIpc) is 3.43. The van der Waals surface area contributed by atoms with Crippen molar-refractivity contribution < 1.29 is 0 Å². The van der Waals surface area contributed by atoms with Gasteiger partial charge in [-0.1, -0.05) is 41.9 Å². The maximum Gasteiger partial charge on any atom is 0.162 e. The highest BCUT2D eigenvalue weighted by Gasteiger charge is 2.44. The van der Waals surface area contributed by atoms with Gasteiger partial charge < -0.3 is 5.73 Å². The molecule has 0 aliphatic heterocycles. The highest BCUT2D eigenvalue weighted by Crippen LogP contribution is 2.44. The molecule has 0 saturated carbocycles. The van der Waals surface area contributed by atoms with Gasteiger partial charge >= 0.3 is 0 Å². The van der Waals surface area contributed by atoms with E-state index in [9.17, 15) is 0 Å². The van der Waals surface area contributed by atoms with Gasteiger partial charge in [0.05, 0.1) is 17.0 Å². The first-order valence-electron chi connectivity index (χ1n) is 10.1. The molecule has 3 aromatic heterocycles. The average molecular weight is 453 g/mol. The lowest BCUT2D eigenvalue weighted by Crippen LogP contribution is -2.47. The molecule has 2 atom stereocenters. The molecule has 0 aliphatic rings. The number of rotatable bonds is 6. The molecule has 31 heavy (non-hydrogen) atoms. The van der Waals surface area contributed by atoms with Crippen molar-refractivity contribution in [2.75, 3.05) is 0 Å². The molecule has 2 N–H and O–H groups in total. The summed E-state index contributed by atoms with van der Waals surface area (Å²) in [5, 5.41) is 15.5.